The summed E-state index contributed by atoms with van der Waals surface area (Å²) in [7, 11) is 0. The Kier molecular flexibility index (Phi) is 5.66. The van der Waals surface area contributed by atoms with Crippen molar-refractivity contribution in [2.45, 2.75) is 64.7 Å². The Hall–Kier alpha value is -1.31. The van der Waals surface area contributed by atoms with Crippen LogP contribution in [0.1, 0.15) is 63.0 Å². The quantitative estimate of drug-likeness (QED) is 0.598. The van der Waals surface area contributed by atoms with Gasteiger partial charge in [0.25, 0.3) is 0 Å². The summed E-state index contributed by atoms with van der Waals surface area (Å²) in [5.41, 5.74) is 3.07. The number of allylic oxidation sites excluding steroid dienone is 1. The second-order valence-electron chi connectivity index (χ2n) is 8.85. The summed E-state index contributed by atoms with van der Waals surface area (Å²) in [5, 5.41) is 0. The van der Waals surface area contributed by atoms with Crippen molar-refractivity contribution in [2.75, 3.05) is 6.61 Å². The molecule has 3 unspecified atom stereocenters. The van der Waals surface area contributed by atoms with Crippen molar-refractivity contribution < 1.29 is 9.13 Å². The highest BCUT2D eigenvalue weighted by molar-refractivity contribution is 5.37. The number of benzene rings is 1. The Labute approximate surface area is 158 Å². The number of aryl methyl sites for hydroxylation is 1. The minimum atomic E-state index is 0.499. The van der Waals surface area contributed by atoms with Gasteiger partial charge in [0, 0.05) is 0 Å². The average Bonchev–Trinajstić information content (AvgIpc) is 2.68. The molecule has 26 heavy (non-hydrogen) atoms. The molecule has 0 N–H and O–H groups in total. The first-order chi connectivity index (χ1) is 12.8. The summed E-state index contributed by atoms with van der Waals surface area (Å²) < 4.78 is 18.2. The van der Waals surface area contributed by atoms with E-state index in [1.54, 1.807) is 11.6 Å². The molecule has 1 aromatic carbocycles. The van der Waals surface area contributed by atoms with Crippen LogP contribution in [0.25, 0.3) is 0 Å². The van der Waals surface area contributed by atoms with Crippen molar-refractivity contribution in [1.82, 2.24) is 0 Å². The molecule has 0 bridgehead atoms. The van der Waals surface area contributed by atoms with Gasteiger partial charge in [-0.1, -0.05) is 12.1 Å². The maximum atomic E-state index is 12.5. The minimum absolute atomic E-state index is 0.499. The Morgan fingerprint density at radius 2 is 1.73 bits per heavy atom. The lowest BCUT2D eigenvalue weighted by Crippen LogP contribution is -2.34. The molecular formula is C24H33FO. The molecule has 5 atom stereocenters. The van der Waals surface area contributed by atoms with Crippen molar-refractivity contribution in [1.29, 1.82) is 0 Å². The second kappa shape index (κ2) is 8.15. The molecular weight excluding hydrogens is 323 g/mol. The molecule has 0 saturated heterocycles. The molecule has 1 aromatic rings. The normalized spacial score (nSPS) is 34.3. The van der Waals surface area contributed by atoms with E-state index >= 15 is 0 Å². The van der Waals surface area contributed by atoms with Crippen molar-refractivity contribution in [2.24, 2.45) is 29.6 Å². The number of hydrogen-bond donors (Lipinski definition) is 0. The molecule has 0 spiro atoms. The summed E-state index contributed by atoms with van der Waals surface area (Å²) in [6, 6.07) is 6.74. The van der Waals surface area contributed by atoms with Crippen LogP contribution in [0.5, 0.6) is 5.75 Å². The van der Waals surface area contributed by atoms with Gasteiger partial charge in [-0.3, -0.25) is 0 Å². The van der Waals surface area contributed by atoms with Crippen LogP contribution in [0, 0.1) is 29.6 Å². The van der Waals surface area contributed by atoms with Gasteiger partial charge in [0.1, 0.15) is 5.75 Å². The van der Waals surface area contributed by atoms with Crippen LogP contribution in [0.15, 0.2) is 30.6 Å². The predicted molar refractivity (Wildman–Crippen MR) is 105 cm³/mol. The van der Waals surface area contributed by atoms with Gasteiger partial charge in [-0.2, -0.15) is 0 Å². The highest BCUT2D eigenvalue weighted by Crippen LogP contribution is 2.48. The summed E-state index contributed by atoms with van der Waals surface area (Å²) in [5.74, 6) is 5.06. The molecule has 2 heteroatoms. The maximum Gasteiger partial charge on any atom is 0.119 e. The second-order valence-corrected chi connectivity index (χ2v) is 8.85. The summed E-state index contributed by atoms with van der Waals surface area (Å²) in [6.07, 6.45) is 14.3. The van der Waals surface area contributed by atoms with E-state index < -0.39 is 0 Å². The monoisotopic (exact) mass is 356 g/mol. The topological polar surface area (TPSA) is 9.23 Å². The first-order valence-corrected chi connectivity index (χ1v) is 10.8. The molecule has 142 valence electrons. The third-order valence-corrected chi connectivity index (χ3v) is 7.46. The zero-order valence-corrected chi connectivity index (χ0v) is 16.1. The van der Waals surface area contributed by atoms with Gasteiger partial charge in [0.15, 0.2) is 0 Å². The van der Waals surface area contributed by atoms with Crippen molar-refractivity contribution in [3.63, 3.8) is 0 Å². The summed E-state index contributed by atoms with van der Waals surface area (Å²) in [6.45, 7) is 2.79. The van der Waals surface area contributed by atoms with Gasteiger partial charge < -0.3 is 4.74 Å². The van der Waals surface area contributed by atoms with E-state index in [0.29, 0.717) is 5.92 Å². The third kappa shape index (κ3) is 3.85. The van der Waals surface area contributed by atoms with E-state index in [1.165, 1.54) is 63.4 Å². The fourth-order valence-corrected chi connectivity index (χ4v) is 6.09. The lowest BCUT2D eigenvalue weighted by molar-refractivity contribution is 0.0809. The van der Waals surface area contributed by atoms with Crippen LogP contribution in [0.2, 0.25) is 0 Å². The largest absolute Gasteiger partial charge is 0.494 e. The molecule has 0 aliphatic heterocycles. The number of ether oxygens (including phenoxy) is 1. The third-order valence-electron chi connectivity index (χ3n) is 7.46. The van der Waals surface area contributed by atoms with Gasteiger partial charge >= 0.3 is 0 Å². The fourth-order valence-electron chi connectivity index (χ4n) is 6.09. The van der Waals surface area contributed by atoms with Crippen LogP contribution in [-0.2, 0) is 12.8 Å². The summed E-state index contributed by atoms with van der Waals surface area (Å²) in [4.78, 5) is 0. The molecule has 3 aliphatic rings. The van der Waals surface area contributed by atoms with E-state index in [9.17, 15) is 4.39 Å². The smallest absolute Gasteiger partial charge is 0.119 e. The first kappa shape index (κ1) is 18.1. The van der Waals surface area contributed by atoms with E-state index in [-0.39, 0.29) is 0 Å². The highest BCUT2D eigenvalue weighted by Gasteiger charge is 2.38. The molecule has 2 fully saturated rings. The zero-order valence-electron chi connectivity index (χ0n) is 16.1. The molecule has 1 nitrogen and oxygen atoms in total. The molecule has 0 aromatic heterocycles. The van der Waals surface area contributed by atoms with Gasteiger partial charge in [-0.25, -0.2) is 4.39 Å². The number of rotatable bonds is 4. The van der Waals surface area contributed by atoms with Crippen LogP contribution in [0.4, 0.5) is 4.39 Å². The Morgan fingerprint density at radius 3 is 2.54 bits per heavy atom. The van der Waals surface area contributed by atoms with Crippen LogP contribution >= 0.6 is 0 Å². The minimum Gasteiger partial charge on any atom is -0.494 e. The van der Waals surface area contributed by atoms with Crippen LogP contribution < -0.4 is 4.74 Å². The van der Waals surface area contributed by atoms with Crippen molar-refractivity contribution in [3.05, 3.63) is 41.7 Å². The van der Waals surface area contributed by atoms with Crippen LogP contribution in [0.3, 0.4) is 0 Å². The Balaban J connectivity index is 1.36. The van der Waals surface area contributed by atoms with Gasteiger partial charge in [0.05, 0.1) is 12.9 Å². The lowest BCUT2D eigenvalue weighted by atomic mass is 9.61. The first-order valence-electron chi connectivity index (χ1n) is 10.8. The number of halogens is 1. The predicted octanol–water partition coefficient (Wildman–Crippen LogP) is 6.51. The van der Waals surface area contributed by atoms with E-state index in [1.807, 2.05) is 6.92 Å². The maximum absolute atomic E-state index is 12.5. The zero-order chi connectivity index (χ0) is 17.9. The molecule has 0 amide bonds. The molecule has 0 heterocycles. The fraction of sp³-hybridized carbons (Fsp3) is 0.667. The van der Waals surface area contributed by atoms with Crippen LogP contribution in [-0.4, -0.2) is 6.61 Å². The van der Waals surface area contributed by atoms with Crippen molar-refractivity contribution >= 4 is 0 Å². The van der Waals surface area contributed by atoms with Gasteiger partial charge in [0.2, 0.25) is 0 Å². The van der Waals surface area contributed by atoms with E-state index in [0.717, 1.165) is 42.4 Å². The summed E-state index contributed by atoms with van der Waals surface area (Å²) >= 11 is 0. The average molecular weight is 357 g/mol. The van der Waals surface area contributed by atoms with Gasteiger partial charge in [-0.05, 0) is 118 Å². The molecule has 4 rings (SSSR count). The van der Waals surface area contributed by atoms with Gasteiger partial charge in [-0.15, -0.1) is 0 Å². The Morgan fingerprint density at radius 1 is 0.962 bits per heavy atom. The molecule has 3 aliphatic carbocycles. The lowest BCUT2D eigenvalue weighted by Gasteiger charge is -2.44. The van der Waals surface area contributed by atoms with E-state index in [2.05, 4.69) is 18.2 Å². The standard InChI is InChI=1S/C24H33FO/c1-2-26-24-10-9-22-15-21(7-8-23(22)16-24)20-6-5-18-13-17(11-12-25)3-4-19(18)14-20/h9-12,16-21H,2-8,13-15H2,1H3/t17-,18?,19+,20?,21?/m0/s1. The Bertz CT molecular complexity index is 637. The SMILES string of the molecule is CCOc1ccc2c(c1)CCC(C1CCC3C[C@H](C=CF)CC[C@@H]3C1)C2. The number of fused-ring (bicyclic) bond motifs is 2. The molecule has 2 saturated carbocycles. The van der Waals surface area contributed by atoms with Crippen molar-refractivity contribution in [3.8, 4) is 5.75 Å². The highest BCUT2D eigenvalue weighted by atomic mass is 19.1. The van der Waals surface area contributed by atoms with E-state index in [4.69, 9.17) is 4.74 Å². The molecule has 0 radical (unpaired) electrons. The number of hydrogen-bond acceptors (Lipinski definition) is 1.